The highest BCUT2D eigenvalue weighted by molar-refractivity contribution is 8.00. The van der Waals surface area contributed by atoms with Gasteiger partial charge in [0.2, 0.25) is 0 Å². The molecular formula is C24H26S2. The van der Waals surface area contributed by atoms with Gasteiger partial charge in [0.25, 0.3) is 0 Å². The molecule has 134 valence electrons. The Hall–Kier alpha value is -1.64. The van der Waals surface area contributed by atoms with Crippen LogP contribution in [0.25, 0.3) is 22.3 Å². The zero-order valence-corrected chi connectivity index (χ0v) is 17.5. The molecule has 0 heterocycles. The van der Waals surface area contributed by atoms with Crippen LogP contribution < -0.4 is 0 Å². The number of thioether (sulfide) groups is 2. The highest BCUT2D eigenvalue weighted by atomic mass is 32.2. The standard InChI is InChI=1S/C24H26S2/c1-17(2)25-23-13-9-21(10-14-23)19-5-7-20(8-6-19)22-11-15-24(16-12-22)26-18(3)4/h5-18H,1-4H3. The molecule has 3 aromatic rings. The van der Waals surface area contributed by atoms with Gasteiger partial charge in [-0.1, -0.05) is 76.2 Å². The van der Waals surface area contributed by atoms with Crippen LogP contribution in [-0.4, -0.2) is 10.5 Å². The molecule has 2 heteroatoms. The summed E-state index contributed by atoms with van der Waals surface area (Å²) in [7, 11) is 0. The number of benzene rings is 3. The van der Waals surface area contributed by atoms with E-state index in [1.54, 1.807) is 0 Å². The molecule has 0 atom stereocenters. The van der Waals surface area contributed by atoms with Gasteiger partial charge in [0, 0.05) is 20.3 Å². The largest absolute Gasteiger partial charge is 0.123 e. The van der Waals surface area contributed by atoms with Gasteiger partial charge in [0.15, 0.2) is 0 Å². The van der Waals surface area contributed by atoms with E-state index in [9.17, 15) is 0 Å². The van der Waals surface area contributed by atoms with E-state index in [4.69, 9.17) is 0 Å². The van der Waals surface area contributed by atoms with Crippen molar-refractivity contribution in [3.05, 3.63) is 72.8 Å². The second-order valence-electron chi connectivity index (χ2n) is 6.96. The number of rotatable bonds is 6. The molecule has 0 aliphatic heterocycles. The normalized spacial score (nSPS) is 11.3. The van der Waals surface area contributed by atoms with E-state index in [0.29, 0.717) is 10.5 Å². The highest BCUT2D eigenvalue weighted by Gasteiger charge is 2.03. The Morgan fingerprint density at radius 2 is 0.654 bits per heavy atom. The maximum atomic E-state index is 2.23. The molecule has 0 aliphatic rings. The predicted molar refractivity (Wildman–Crippen MR) is 119 cm³/mol. The predicted octanol–water partition coefficient (Wildman–Crippen LogP) is 8.02. The van der Waals surface area contributed by atoms with E-state index in [1.807, 2.05) is 23.5 Å². The molecule has 0 N–H and O–H groups in total. The van der Waals surface area contributed by atoms with E-state index in [2.05, 4.69) is 100 Å². The van der Waals surface area contributed by atoms with Crippen molar-refractivity contribution in [1.29, 1.82) is 0 Å². The highest BCUT2D eigenvalue weighted by Crippen LogP contribution is 2.30. The van der Waals surface area contributed by atoms with Crippen molar-refractivity contribution in [3.8, 4) is 22.3 Å². The third kappa shape index (κ3) is 5.18. The Balaban J connectivity index is 1.73. The van der Waals surface area contributed by atoms with Crippen molar-refractivity contribution < 1.29 is 0 Å². The van der Waals surface area contributed by atoms with Gasteiger partial charge in [-0.25, -0.2) is 0 Å². The lowest BCUT2D eigenvalue weighted by Gasteiger charge is -2.09. The zero-order valence-electron chi connectivity index (χ0n) is 15.9. The molecule has 0 nitrogen and oxygen atoms in total. The summed E-state index contributed by atoms with van der Waals surface area (Å²) < 4.78 is 0. The van der Waals surface area contributed by atoms with Gasteiger partial charge in [0.05, 0.1) is 0 Å². The van der Waals surface area contributed by atoms with Gasteiger partial charge >= 0.3 is 0 Å². The van der Waals surface area contributed by atoms with Gasteiger partial charge in [-0.3, -0.25) is 0 Å². The summed E-state index contributed by atoms with van der Waals surface area (Å²) in [5.41, 5.74) is 5.07. The number of hydrogen-bond donors (Lipinski definition) is 0. The molecule has 0 bridgehead atoms. The lowest BCUT2D eigenvalue weighted by molar-refractivity contribution is 1.11. The lowest BCUT2D eigenvalue weighted by Crippen LogP contribution is -1.86. The van der Waals surface area contributed by atoms with Gasteiger partial charge in [-0.2, -0.15) is 0 Å². The summed E-state index contributed by atoms with van der Waals surface area (Å²) in [6, 6.07) is 26.6. The Kier molecular flexibility index (Phi) is 6.50. The van der Waals surface area contributed by atoms with E-state index in [1.165, 1.54) is 32.0 Å². The van der Waals surface area contributed by atoms with Gasteiger partial charge in [0.1, 0.15) is 0 Å². The Bertz CT molecular complexity index is 741. The third-order valence-electron chi connectivity index (χ3n) is 4.00. The average molecular weight is 379 g/mol. The van der Waals surface area contributed by atoms with Gasteiger partial charge in [-0.15, -0.1) is 23.5 Å². The summed E-state index contributed by atoms with van der Waals surface area (Å²) in [6.45, 7) is 8.91. The fourth-order valence-corrected chi connectivity index (χ4v) is 4.53. The Morgan fingerprint density at radius 3 is 0.885 bits per heavy atom. The average Bonchev–Trinajstić information content (AvgIpc) is 2.62. The first-order valence-corrected chi connectivity index (χ1v) is 10.9. The molecule has 0 unspecified atom stereocenters. The Morgan fingerprint density at radius 1 is 0.423 bits per heavy atom. The maximum absolute atomic E-state index is 2.23. The molecule has 0 spiro atoms. The summed E-state index contributed by atoms with van der Waals surface area (Å²) in [5, 5.41) is 1.23. The van der Waals surface area contributed by atoms with Crippen LogP contribution >= 0.6 is 23.5 Å². The van der Waals surface area contributed by atoms with E-state index in [-0.39, 0.29) is 0 Å². The van der Waals surface area contributed by atoms with E-state index in [0.717, 1.165) is 0 Å². The van der Waals surface area contributed by atoms with Crippen LogP contribution in [0.3, 0.4) is 0 Å². The molecule has 0 amide bonds. The van der Waals surface area contributed by atoms with E-state index >= 15 is 0 Å². The molecule has 0 aliphatic carbocycles. The molecule has 26 heavy (non-hydrogen) atoms. The van der Waals surface area contributed by atoms with Crippen LogP contribution in [0.4, 0.5) is 0 Å². The first kappa shape index (κ1) is 19.1. The smallest absolute Gasteiger partial charge is 0.00749 e. The molecule has 0 aromatic heterocycles. The third-order valence-corrected chi connectivity index (χ3v) is 6.04. The molecule has 3 aromatic carbocycles. The molecule has 0 fully saturated rings. The van der Waals surface area contributed by atoms with Crippen LogP contribution in [0.1, 0.15) is 27.7 Å². The van der Waals surface area contributed by atoms with Crippen molar-refractivity contribution in [2.24, 2.45) is 0 Å². The van der Waals surface area contributed by atoms with Crippen LogP contribution in [0.2, 0.25) is 0 Å². The summed E-state index contributed by atoms with van der Waals surface area (Å²) in [4.78, 5) is 2.67. The number of hydrogen-bond acceptors (Lipinski definition) is 2. The molecule has 0 saturated heterocycles. The van der Waals surface area contributed by atoms with Crippen molar-refractivity contribution in [2.75, 3.05) is 0 Å². The van der Waals surface area contributed by atoms with Crippen LogP contribution in [0, 0.1) is 0 Å². The summed E-state index contributed by atoms with van der Waals surface area (Å²) in [5.74, 6) is 0. The van der Waals surface area contributed by atoms with Crippen LogP contribution in [0.15, 0.2) is 82.6 Å². The lowest BCUT2D eigenvalue weighted by atomic mass is 10.0. The van der Waals surface area contributed by atoms with Crippen LogP contribution in [-0.2, 0) is 0 Å². The first-order valence-electron chi connectivity index (χ1n) is 9.15. The minimum atomic E-state index is 0.616. The van der Waals surface area contributed by atoms with Gasteiger partial charge in [-0.05, 0) is 46.5 Å². The van der Waals surface area contributed by atoms with Crippen molar-refractivity contribution in [1.82, 2.24) is 0 Å². The van der Waals surface area contributed by atoms with E-state index < -0.39 is 0 Å². The minimum Gasteiger partial charge on any atom is -0.123 e. The second kappa shape index (κ2) is 8.83. The Labute approximate surface area is 166 Å². The monoisotopic (exact) mass is 378 g/mol. The summed E-state index contributed by atoms with van der Waals surface area (Å²) >= 11 is 3.81. The van der Waals surface area contributed by atoms with Crippen molar-refractivity contribution in [3.63, 3.8) is 0 Å². The SMILES string of the molecule is CC(C)Sc1ccc(-c2ccc(-c3ccc(SC(C)C)cc3)cc2)cc1. The minimum absolute atomic E-state index is 0.616. The zero-order chi connectivity index (χ0) is 18.5. The van der Waals surface area contributed by atoms with Crippen molar-refractivity contribution >= 4 is 23.5 Å². The van der Waals surface area contributed by atoms with Crippen LogP contribution in [0.5, 0.6) is 0 Å². The first-order chi connectivity index (χ1) is 12.5. The van der Waals surface area contributed by atoms with Gasteiger partial charge < -0.3 is 0 Å². The fraction of sp³-hybridized carbons (Fsp3) is 0.250. The molecule has 3 rings (SSSR count). The maximum Gasteiger partial charge on any atom is 0.00749 e. The summed E-state index contributed by atoms with van der Waals surface area (Å²) in [6.07, 6.45) is 0. The molecule has 0 radical (unpaired) electrons. The molecule has 0 saturated carbocycles. The quantitative estimate of drug-likeness (QED) is 0.398. The molecular weight excluding hydrogens is 352 g/mol. The topological polar surface area (TPSA) is 0 Å². The fourth-order valence-electron chi connectivity index (χ4n) is 2.85. The van der Waals surface area contributed by atoms with Crippen molar-refractivity contribution in [2.45, 2.75) is 48.0 Å². The second-order valence-corrected chi connectivity index (χ2v) is 10.3.